The van der Waals surface area contributed by atoms with E-state index in [0.717, 1.165) is 25.7 Å². The van der Waals surface area contributed by atoms with Gasteiger partial charge in [-0.3, -0.25) is 0 Å². The summed E-state index contributed by atoms with van der Waals surface area (Å²) in [5.74, 6) is 0. The fourth-order valence-electron chi connectivity index (χ4n) is 4.65. The third-order valence-corrected chi connectivity index (χ3v) is 10.1. The van der Waals surface area contributed by atoms with Crippen LogP contribution in [0.15, 0.2) is 0 Å². The molecule has 0 aromatic rings. The van der Waals surface area contributed by atoms with Gasteiger partial charge in [-0.15, -0.1) is 11.6 Å². The molecule has 3 aliphatic rings. The zero-order valence-corrected chi connectivity index (χ0v) is 16.0. The highest BCUT2D eigenvalue weighted by Gasteiger charge is 2.75. The molecular formula is C15H23Br2ClO. The lowest BCUT2D eigenvalue weighted by Gasteiger charge is -2.59. The van der Waals surface area contributed by atoms with Gasteiger partial charge >= 0.3 is 0 Å². The first-order chi connectivity index (χ1) is 8.57. The smallest absolute Gasteiger partial charge is 0.0982 e. The monoisotopic (exact) mass is 412 g/mol. The van der Waals surface area contributed by atoms with Crippen LogP contribution in [0.3, 0.4) is 0 Å². The number of epoxide rings is 1. The van der Waals surface area contributed by atoms with Gasteiger partial charge in [0, 0.05) is 15.1 Å². The second kappa shape index (κ2) is 4.14. The molecule has 19 heavy (non-hydrogen) atoms. The molecule has 3 rings (SSSR count). The van der Waals surface area contributed by atoms with Crippen molar-refractivity contribution >= 4 is 43.5 Å². The van der Waals surface area contributed by atoms with Crippen molar-refractivity contribution in [2.45, 2.75) is 79.6 Å². The highest BCUT2D eigenvalue weighted by Crippen LogP contribution is 2.72. The van der Waals surface area contributed by atoms with Crippen LogP contribution in [0, 0.1) is 10.8 Å². The van der Waals surface area contributed by atoms with Crippen molar-refractivity contribution in [2.75, 3.05) is 0 Å². The number of hydrogen-bond donors (Lipinski definition) is 0. The normalized spacial score (nSPS) is 59.8. The highest BCUT2D eigenvalue weighted by atomic mass is 79.9. The number of alkyl halides is 3. The first-order valence-corrected chi connectivity index (χ1v) is 9.43. The quantitative estimate of drug-likeness (QED) is 0.389. The van der Waals surface area contributed by atoms with Gasteiger partial charge in [-0.05, 0) is 44.9 Å². The van der Waals surface area contributed by atoms with Crippen LogP contribution in [-0.4, -0.2) is 26.2 Å². The summed E-state index contributed by atoms with van der Waals surface area (Å²) in [6.07, 6.45) is 4.89. The van der Waals surface area contributed by atoms with Gasteiger partial charge in [-0.1, -0.05) is 45.7 Å². The minimum absolute atomic E-state index is 0.0557. The van der Waals surface area contributed by atoms with Gasteiger partial charge in [0.2, 0.25) is 0 Å². The molecule has 3 fully saturated rings. The van der Waals surface area contributed by atoms with Gasteiger partial charge in [0.15, 0.2) is 0 Å². The molecule has 1 heterocycles. The van der Waals surface area contributed by atoms with E-state index in [1.54, 1.807) is 0 Å². The number of rotatable bonds is 0. The summed E-state index contributed by atoms with van der Waals surface area (Å²) in [5.41, 5.74) is 0.508. The first-order valence-electron chi connectivity index (χ1n) is 7.22. The van der Waals surface area contributed by atoms with E-state index in [1.807, 2.05) is 0 Å². The molecule has 6 atom stereocenters. The summed E-state index contributed by atoms with van der Waals surface area (Å²) < 4.78 is 6.19. The molecule has 0 radical (unpaired) electrons. The topological polar surface area (TPSA) is 12.5 Å². The van der Waals surface area contributed by atoms with Crippen molar-refractivity contribution in [1.29, 1.82) is 0 Å². The van der Waals surface area contributed by atoms with Crippen LogP contribution in [0.1, 0.15) is 53.4 Å². The lowest BCUT2D eigenvalue weighted by molar-refractivity contribution is -0.0547. The third kappa shape index (κ3) is 1.80. The Morgan fingerprint density at radius 3 is 2.26 bits per heavy atom. The predicted molar refractivity (Wildman–Crippen MR) is 87.6 cm³/mol. The van der Waals surface area contributed by atoms with Crippen LogP contribution in [0.25, 0.3) is 0 Å². The zero-order valence-electron chi connectivity index (χ0n) is 12.1. The van der Waals surface area contributed by atoms with E-state index < -0.39 is 0 Å². The van der Waals surface area contributed by atoms with Crippen LogP contribution in [0.4, 0.5) is 0 Å². The summed E-state index contributed by atoms with van der Waals surface area (Å²) in [5, 5.41) is 0. The average molecular weight is 415 g/mol. The van der Waals surface area contributed by atoms with Crippen molar-refractivity contribution in [3.8, 4) is 0 Å². The molecule has 1 nitrogen and oxygen atoms in total. The standard InChI is InChI=1S/C15H23Br2ClO/c1-12(2)9(16)7-11-14(4,19-11)15(12)6-5-13(3,18)10(17)8-15/h9-11H,5-8H2,1-4H3/t9-,10?,11+,13?,14+,15?/m1/s1. The second-order valence-corrected chi connectivity index (χ2v) is 10.7. The summed E-state index contributed by atoms with van der Waals surface area (Å²) >= 11 is 14.5. The van der Waals surface area contributed by atoms with E-state index in [0.29, 0.717) is 15.8 Å². The largest absolute Gasteiger partial charge is 0.366 e. The van der Waals surface area contributed by atoms with Crippen molar-refractivity contribution in [3.63, 3.8) is 0 Å². The van der Waals surface area contributed by atoms with Gasteiger partial charge < -0.3 is 4.74 Å². The van der Waals surface area contributed by atoms with E-state index in [1.165, 1.54) is 0 Å². The van der Waals surface area contributed by atoms with Crippen molar-refractivity contribution in [2.24, 2.45) is 10.8 Å². The van der Waals surface area contributed by atoms with Crippen molar-refractivity contribution < 1.29 is 4.74 Å². The van der Waals surface area contributed by atoms with Crippen molar-refractivity contribution in [3.05, 3.63) is 0 Å². The molecule has 0 amide bonds. The number of hydrogen-bond acceptors (Lipinski definition) is 1. The number of ether oxygens (including phenoxy) is 1. The van der Waals surface area contributed by atoms with E-state index in [9.17, 15) is 0 Å². The number of halogens is 3. The fourth-order valence-corrected chi connectivity index (χ4v) is 6.38. The minimum atomic E-state index is -0.124. The Morgan fingerprint density at radius 1 is 1.05 bits per heavy atom. The number of fused-ring (bicyclic) bond motifs is 2. The Kier molecular flexibility index (Phi) is 3.30. The molecule has 1 saturated heterocycles. The summed E-state index contributed by atoms with van der Waals surface area (Å²) in [7, 11) is 0. The molecule has 4 heteroatoms. The van der Waals surface area contributed by atoms with Crippen LogP contribution in [-0.2, 0) is 4.74 Å². The highest BCUT2D eigenvalue weighted by molar-refractivity contribution is 9.09. The van der Waals surface area contributed by atoms with E-state index in [2.05, 4.69) is 59.6 Å². The Bertz CT molecular complexity index is 411. The molecule has 0 bridgehead atoms. The SMILES string of the molecule is CC1(Cl)CCC2(CC1Br)C(C)(C)[C@H](Br)C[C@@H]1O[C@@]12C. The molecule has 0 aromatic heterocycles. The van der Waals surface area contributed by atoms with Crippen molar-refractivity contribution in [1.82, 2.24) is 0 Å². The van der Waals surface area contributed by atoms with Gasteiger partial charge in [-0.2, -0.15) is 0 Å². The second-order valence-electron chi connectivity index (χ2n) is 7.67. The molecule has 1 spiro atoms. The van der Waals surface area contributed by atoms with E-state index in [-0.39, 0.29) is 21.3 Å². The third-order valence-electron chi connectivity index (χ3n) is 6.55. The molecule has 0 aromatic carbocycles. The minimum Gasteiger partial charge on any atom is -0.366 e. The first kappa shape index (κ1) is 15.1. The summed E-state index contributed by atoms with van der Waals surface area (Å²) in [4.78, 5) is 0.760. The lowest BCUT2D eigenvalue weighted by Crippen LogP contribution is -2.61. The Hall–Kier alpha value is 1.21. The van der Waals surface area contributed by atoms with Crippen LogP contribution >= 0.6 is 43.5 Å². The molecule has 0 N–H and O–H groups in total. The maximum absolute atomic E-state index is 6.66. The van der Waals surface area contributed by atoms with Gasteiger partial charge in [0.25, 0.3) is 0 Å². The summed E-state index contributed by atoms with van der Waals surface area (Å²) in [6.45, 7) is 9.31. The zero-order chi connectivity index (χ0) is 14.3. The molecule has 3 unspecified atom stereocenters. The van der Waals surface area contributed by atoms with Crippen LogP contribution in [0.5, 0.6) is 0 Å². The Balaban J connectivity index is 2.01. The summed E-state index contributed by atoms with van der Waals surface area (Å²) in [6, 6.07) is 0. The molecular weight excluding hydrogens is 391 g/mol. The molecule has 2 aliphatic carbocycles. The Labute approximate surface area is 138 Å². The molecule has 110 valence electrons. The van der Waals surface area contributed by atoms with Gasteiger partial charge in [-0.25, -0.2) is 0 Å². The fraction of sp³-hybridized carbons (Fsp3) is 1.00. The van der Waals surface area contributed by atoms with E-state index >= 15 is 0 Å². The lowest BCUT2D eigenvalue weighted by atomic mass is 9.47. The van der Waals surface area contributed by atoms with Gasteiger partial charge in [0.1, 0.15) is 0 Å². The van der Waals surface area contributed by atoms with Crippen LogP contribution in [0.2, 0.25) is 0 Å². The maximum atomic E-state index is 6.66. The van der Waals surface area contributed by atoms with Gasteiger partial charge in [0.05, 0.1) is 16.6 Å². The molecule has 1 aliphatic heterocycles. The van der Waals surface area contributed by atoms with E-state index in [4.69, 9.17) is 16.3 Å². The Morgan fingerprint density at radius 2 is 1.68 bits per heavy atom. The van der Waals surface area contributed by atoms with Crippen LogP contribution < -0.4 is 0 Å². The predicted octanol–water partition coefficient (Wildman–Crippen LogP) is 5.27. The molecule has 2 saturated carbocycles. The average Bonchev–Trinajstić information content (AvgIpc) is 2.94. The maximum Gasteiger partial charge on any atom is 0.0982 e.